The lowest BCUT2D eigenvalue weighted by molar-refractivity contribution is -0.116. The zero-order valence-electron chi connectivity index (χ0n) is 14.1. The lowest BCUT2D eigenvalue weighted by atomic mass is 10.1. The Labute approximate surface area is 146 Å². The van der Waals surface area contributed by atoms with Crippen LogP contribution in [-0.4, -0.2) is 15.5 Å². The van der Waals surface area contributed by atoms with Crippen molar-refractivity contribution < 1.29 is 4.79 Å². The van der Waals surface area contributed by atoms with E-state index >= 15 is 0 Å². The summed E-state index contributed by atoms with van der Waals surface area (Å²) in [6.45, 7) is 2.59. The molecule has 1 heterocycles. The Morgan fingerprint density at radius 1 is 1.00 bits per heavy atom. The van der Waals surface area contributed by atoms with Crippen molar-refractivity contribution in [3.05, 3.63) is 72.6 Å². The van der Waals surface area contributed by atoms with Crippen LogP contribution in [0.1, 0.15) is 12.2 Å². The summed E-state index contributed by atoms with van der Waals surface area (Å²) in [6, 6.07) is 22.1. The predicted octanol–water partition coefficient (Wildman–Crippen LogP) is 4.53. The SMILES string of the molecule is Cc1nc2ccccc2n1CCC(=O)Nc1ccc2ccccc2c1. The summed E-state index contributed by atoms with van der Waals surface area (Å²) < 4.78 is 2.09. The normalized spacial score (nSPS) is 11.1. The monoisotopic (exact) mass is 329 g/mol. The van der Waals surface area contributed by atoms with Crippen molar-refractivity contribution in [3.8, 4) is 0 Å². The average Bonchev–Trinajstić information content (AvgIpc) is 2.95. The maximum atomic E-state index is 12.3. The van der Waals surface area contributed by atoms with Gasteiger partial charge in [-0.25, -0.2) is 4.98 Å². The van der Waals surface area contributed by atoms with Gasteiger partial charge in [0.1, 0.15) is 5.82 Å². The number of fused-ring (bicyclic) bond motifs is 2. The van der Waals surface area contributed by atoms with Gasteiger partial charge >= 0.3 is 0 Å². The first-order valence-corrected chi connectivity index (χ1v) is 8.41. The van der Waals surface area contributed by atoms with Gasteiger partial charge in [0.15, 0.2) is 0 Å². The molecule has 0 atom stereocenters. The summed E-state index contributed by atoms with van der Waals surface area (Å²) in [5.74, 6) is 0.937. The van der Waals surface area contributed by atoms with Gasteiger partial charge in [-0.2, -0.15) is 0 Å². The molecule has 0 fully saturated rings. The Balaban J connectivity index is 1.47. The first kappa shape index (κ1) is 15.4. The molecule has 1 amide bonds. The molecular formula is C21H19N3O. The number of aromatic nitrogens is 2. The van der Waals surface area contributed by atoms with Crippen LogP contribution in [0, 0.1) is 6.92 Å². The van der Waals surface area contributed by atoms with Gasteiger partial charge in [-0.3, -0.25) is 4.79 Å². The highest BCUT2D eigenvalue weighted by molar-refractivity contribution is 5.94. The molecule has 25 heavy (non-hydrogen) atoms. The van der Waals surface area contributed by atoms with E-state index in [1.807, 2.05) is 67.6 Å². The number of carbonyl (C=O) groups is 1. The van der Waals surface area contributed by atoms with Crippen LogP contribution in [0.5, 0.6) is 0 Å². The zero-order valence-corrected chi connectivity index (χ0v) is 14.1. The summed E-state index contributed by atoms with van der Waals surface area (Å²) in [7, 11) is 0. The van der Waals surface area contributed by atoms with Gasteiger partial charge in [-0.05, 0) is 42.0 Å². The summed E-state index contributed by atoms with van der Waals surface area (Å²) in [4.78, 5) is 16.9. The van der Waals surface area contributed by atoms with Crippen molar-refractivity contribution in [1.82, 2.24) is 9.55 Å². The van der Waals surface area contributed by atoms with E-state index in [4.69, 9.17) is 0 Å². The number of nitrogens with one attached hydrogen (secondary N) is 1. The molecule has 124 valence electrons. The van der Waals surface area contributed by atoms with Gasteiger partial charge < -0.3 is 9.88 Å². The molecule has 0 aliphatic heterocycles. The highest BCUT2D eigenvalue weighted by atomic mass is 16.1. The van der Waals surface area contributed by atoms with E-state index in [-0.39, 0.29) is 5.91 Å². The first-order valence-electron chi connectivity index (χ1n) is 8.41. The van der Waals surface area contributed by atoms with Crippen LogP contribution in [0.25, 0.3) is 21.8 Å². The fourth-order valence-corrected chi connectivity index (χ4v) is 3.18. The largest absolute Gasteiger partial charge is 0.328 e. The summed E-state index contributed by atoms with van der Waals surface area (Å²) in [5.41, 5.74) is 2.87. The van der Waals surface area contributed by atoms with E-state index in [1.54, 1.807) is 0 Å². The number of aryl methyl sites for hydroxylation is 2. The van der Waals surface area contributed by atoms with Gasteiger partial charge in [0.2, 0.25) is 5.91 Å². The molecule has 0 bridgehead atoms. The number of hydrogen-bond acceptors (Lipinski definition) is 2. The van der Waals surface area contributed by atoms with E-state index in [1.165, 1.54) is 5.39 Å². The van der Waals surface area contributed by atoms with Crippen LogP contribution in [-0.2, 0) is 11.3 Å². The Morgan fingerprint density at radius 2 is 1.76 bits per heavy atom. The molecule has 1 N–H and O–H groups in total. The maximum Gasteiger partial charge on any atom is 0.226 e. The molecule has 0 spiro atoms. The van der Waals surface area contributed by atoms with Crippen LogP contribution >= 0.6 is 0 Å². The third kappa shape index (κ3) is 3.11. The topological polar surface area (TPSA) is 46.9 Å². The molecule has 4 nitrogen and oxygen atoms in total. The third-order valence-corrected chi connectivity index (χ3v) is 4.44. The molecule has 0 unspecified atom stereocenters. The minimum Gasteiger partial charge on any atom is -0.328 e. The van der Waals surface area contributed by atoms with Crippen LogP contribution in [0.15, 0.2) is 66.7 Å². The highest BCUT2D eigenvalue weighted by Gasteiger charge is 2.09. The summed E-state index contributed by atoms with van der Waals surface area (Å²) in [6.07, 6.45) is 0.411. The van der Waals surface area contributed by atoms with Crippen LogP contribution in [0.4, 0.5) is 5.69 Å². The van der Waals surface area contributed by atoms with E-state index in [9.17, 15) is 4.79 Å². The predicted molar refractivity (Wildman–Crippen MR) is 102 cm³/mol. The van der Waals surface area contributed by atoms with Gasteiger partial charge in [0, 0.05) is 18.7 Å². The molecule has 4 heteroatoms. The lowest BCUT2D eigenvalue weighted by Crippen LogP contribution is -2.15. The number of para-hydroxylation sites is 2. The van der Waals surface area contributed by atoms with Gasteiger partial charge in [0.25, 0.3) is 0 Å². The number of anilines is 1. The fourth-order valence-electron chi connectivity index (χ4n) is 3.18. The molecule has 0 aliphatic carbocycles. The Morgan fingerprint density at radius 3 is 2.64 bits per heavy atom. The number of amides is 1. The van der Waals surface area contributed by atoms with Crippen molar-refractivity contribution in [2.75, 3.05) is 5.32 Å². The maximum absolute atomic E-state index is 12.3. The second kappa shape index (κ2) is 6.40. The van der Waals surface area contributed by atoms with Crippen LogP contribution in [0.2, 0.25) is 0 Å². The molecule has 0 aliphatic rings. The molecular weight excluding hydrogens is 310 g/mol. The molecule has 3 aromatic carbocycles. The number of benzene rings is 3. The molecule has 0 radical (unpaired) electrons. The van der Waals surface area contributed by atoms with Crippen molar-refractivity contribution in [3.63, 3.8) is 0 Å². The van der Waals surface area contributed by atoms with E-state index < -0.39 is 0 Å². The van der Waals surface area contributed by atoms with E-state index in [0.29, 0.717) is 13.0 Å². The Bertz CT molecular complexity index is 1070. The fraction of sp³-hybridized carbons (Fsp3) is 0.143. The zero-order chi connectivity index (χ0) is 17.2. The first-order chi connectivity index (χ1) is 12.2. The quantitative estimate of drug-likeness (QED) is 0.598. The van der Waals surface area contributed by atoms with Crippen LogP contribution in [0.3, 0.4) is 0 Å². The Hall–Kier alpha value is -3.14. The molecule has 4 rings (SSSR count). The van der Waals surface area contributed by atoms with Crippen LogP contribution < -0.4 is 5.32 Å². The third-order valence-electron chi connectivity index (χ3n) is 4.44. The second-order valence-electron chi connectivity index (χ2n) is 6.16. The van der Waals surface area contributed by atoms with E-state index in [2.05, 4.69) is 20.9 Å². The standard InChI is InChI=1S/C21H19N3O/c1-15-22-19-8-4-5-9-20(19)24(15)13-12-21(25)23-18-11-10-16-6-2-3-7-17(16)14-18/h2-11,14H,12-13H2,1H3,(H,23,25). The molecule has 0 saturated heterocycles. The molecule has 1 aromatic heterocycles. The number of carbonyl (C=O) groups excluding carboxylic acids is 1. The average molecular weight is 329 g/mol. The van der Waals surface area contributed by atoms with E-state index in [0.717, 1.165) is 27.9 Å². The minimum atomic E-state index is 0.00691. The highest BCUT2D eigenvalue weighted by Crippen LogP contribution is 2.19. The van der Waals surface area contributed by atoms with Crippen molar-refractivity contribution >= 4 is 33.4 Å². The Kier molecular flexibility index (Phi) is 3.94. The minimum absolute atomic E-state index is 0.00691. The van der Waals surface area contributed by atoms with Crippen molar-refractivity contribution in [2.45, 2.75) is 19.9 Å². The van der Waals surface area contributed by atoms with Crippen molar-refractivity contribution in [1.29, 1.82) is 0 Å². The molecule has 0 saturated carbocycles. The van der Waals surface area contributed by atoms with Gasteiger partial charge in [0.05, 0.1) is 11.0 Å². The number of rotatable bonds is 4. The smallest absolute Gasteiger partial charge is 0.226 e. The van der Waals surface area contributed by atoms with Gasteiger partial charge in [-0.15, -0.1) is 0 Å². The lowest BCUT2D eigenvalue weighted by Gasteiger charge is -2.09. The number of imidazole rings is 1. The second-order valence-corrected chi connectivity index (χ2v) is 6.16. The summed E-state index contributed by atoms with van der Waals surface area (Å²) in [5, 5.41) is 5.28. The van der Waals surface area contributed by atoms with Gasteiger partial charge in [-0.1, -0.05) is 42.5 Å². The molecule has 4 aromatic rings. The number of hydrogen-bond donors (Lipinski definition) is 1. The summed E-state index contributed by atoms with van der Waals surface area (Å²) >= 11 is 0. The van der Waals surface area contributed by atoms with Crippen molar-refractivity contribution in [2.24, 2.45) is 0 Å². The number of nitrogens with zero attached hydrogens (tertiary/aromatic N) is 2.